The zero-order valence-corrected chi connectivity index (χ0v) is 6.83. The Balaban J connectivity index is 2.22. The maximum Gasteiger partial charge on any atom is 0.315 e. The van der Waals surface area contributed by atoms with Gasteiger partial charge in [-0.2, -0.15) is 0 Å². The van der Waals surface area contributed by atoms with Crippen molar-refractivity contribution >= 4 is 6.03 Å². The second kappa shape index (κ2) is 4.38. The quantitative estimate of drug-likeness (QED) is 0.692. The molecular formula is C7H11N3O2. The third kappa shape index (κ3) is 2.61. The lowest BCUT2D eigenvalue weighted by molar-refractivity contribution is 0.240. The van der Waals surface area contributed by atoms with Crippen LogP contribution < -0.4 is 10.6 Å². The maximum atomic E-state index is 10.9. The number of hydrogen-bond donors (Lipinski definition) is 2. The molecule has 0 aromatic carbocycles. The van der Waals surface area contributed by atoms with Gasteiger partial charge in [-0.25, -0.2) is 4.79 Å². The van der Waals surface area contributed by atoms with Crippen LogP contribution in [0.3, 0.4) is 0 Å². The SMILES string of the molecule is CCNC(=O)NCc1ccon1. The Morgan fingerprint density at radius 3 is 3.08 bits per heavy atom. The maximum absolute atomic E-state index is 10.9. The minimum absolute atomic E-state index is 0.194. The summed E-state index contributed by atoms with van der Waals surface area (Å²) >= 11 is 0. The van der Waals surface area contributed by atoms with Crippen LogP contribution in [-0.4, -0.2) is 17.7 Å². The second-order valence-corrected chi connectivity index (χ2v) is 2.20. The number of urea groups is 1. The molecule has 66 valence electrons. The third-order valence-corrected chi connectivity index (χ3v) is 1.26. The Hall–Kier alpha value is -1.52. The van der Waals surface area contributed by atoms with Crippen LogP contribution in [0.25, 0.3) is 0 Å². The van der Waals surface area contributed by atoms with E-state index in [9.17, 15) is 4.79 Å². The monoisotopic (exact) mass is 169 g/mol. The van der Waals surface area contributed by atoms with Crippen molar-refractivity contribution in [2.75, 3.05) is 6.54 Å². The van der Waals surface area contributed by atoms with E-state index in [0.717, 1.165) is 0 Å². The molecule has 0 aliphatic heterocycles. The number of rotatable bonds is 3. The molecule has 0 bridgehead atoms. The van der Waals surface area contributed by atoms with Crippen molar-refractivity contribution in [3.05, 3.63) is 18.0 Å². The van der Waals surface area contributed by atoms with Gasteiger partial charge in [-0.3, -0.25) is 0 Å². The van der Waals surface area contributed by atoms with E-state index in [2.05, 4.69) is 20.3 Å². The highest BCUT2D eigenvalue weighted by atomic mass is 16.5. The number of hydrogen-bond acceptors (Lipinski definition) is 3. The number of nitrogens with one attached hydrogen (secondary N) is 2. The smallest absolute Gasteiger partial charge is 0.315 e. The first-order chi connectivity index (χ1) is 5.83. The summed E-state index contributed by atoms with van der Waals surface area (Å²) in [5.74, 6) is 0. The van der Waals surface area contributed by atoms with E-state index in [0.29, 0.717) is 18.8 Å². The van der Waals surface area contributed by atoms with Gasteiger partial charge in [0.25, 0.3) is 0 Å². The molecule has 0 fully saturated rings. The highest BCUT2D eigenvalue weighted by molar-refractivity contribution is 5.73. The third-order valence-electron chi connectivity index (χ3n) is 1.26. The topological polar surface area (TPSA) is 67.2 Å². The summed E-state index contributed by atoms with van der Waals surface area (Å²) in [6, 6.07) is 1.51. The van der Waals surface area contributed by atoms with E-state index in [1.165, 1.54) is 6.26 Å². The molecule has 0 aliphatic rings. The summed E-state index contributed by atoms with van der Waals surface area (Å²) in [4.78, 5) is 10.9. The second-order valence-electron chi connectivity index (χ2n) is 2.20. The first kappa shape index (κ1) is 8.58. The summed E-state index contributed by atoms with van der Waals surface area (Å²) in [5.41, 5.74) is 0.709. The van der Waals surface area contributed by atoms with Crippen LogP contribution in [0.1, 0.15) is 12.6 Å². The lowest BCUT2D eigenvalue weighted by Gasteiger charge is -2.02. The molecule has 0 radical (unpaired) electrons. The van der Waals surface area contributed by atoms with Gasteiger partial charge >= 0.3 is 6.03 Å². The summed E-state index contributed by atoms with van der Waals surface area (Å²) in [6.07, 6.45) is 1.47. The van der Waals surface area contributed by atoms with Gasteiger partial charge in [0, 0.05) is 12.6 Å². The molecule has 1 aromatic heterocycles. The predicted octanol–water partition coefficient (Wildman–Crippen LogP) is 0.494. The van der Waals surface area contributed by atoms with Gasteiger partial charge in [-0.1, -0.05) is 5.16 Å². The fourth-order valence-corrected chi connectivity index (χ4v) is 0.723. The van der Waals surface area contributed by atoms with Gasteiger partial charge < -0.3 is 15.2 Å². The van der Waals surface area contributed by atoms with Crippen molar-refractivity contribution in [2.45, 2.75) is 13.5 Å². The first-order valence-electron chi connectivity index (χ1n) is 3.74. The Bertz CT molecular complexity index is 233. The largest absolute Gasteiger partial charge is 0.364 e. The van der Waals surface area contributed by atoms with Gasteiger partial charge in [0.2, 0.25) is 0 Å². The summed E-state index contributed by atoms with van der Waals surface area (Å²) < 4.78 is 4.59. The highest BCUT2D eigenvalue weighted by Crippen LogP contribution is 1.91. The summed E-state index contributed by atoms with van der Waals surface area (Å²) in [5, 5.41) is 8.84. The lowest BCUT2D eigenvalue weighted by atomic mass is 10.4. The number of carbonyl (C=O) groups is 1. The standard InChI is InChI=1S/C7H11N3O2/c1-2-8-7(11)9-5-6-3-4-12-10-6/h3-4H,2,5H2,1H3,(H2,8,9,11). The zero-order valence-electron chi connectivity index (χ0n) is 6.83. The summed E-state index contributed by atoms with van der Waals surface area (Å²) in [7, 11) is 0. The van der Waals surface area contributed by atoms with Crippen LogP contribution in [-0.2, 0) is 6.54 Å². The molecule has 0 saturated heterocycles. The Morgan fingerprint density at radius 1 is 1.67 bits per heavy atom. The van der Waals surface area contributed by atoms with Crippen molar-refractivity contribution in [2.24, 2.45) is 0 Å². The molecule has 5 nitrogen and oxygen atoms in total. The van der Waals surface area contributed by atoms with Crippen molar-refractivity contribution in [1.82, 2.24) is 15.8 Å². The number of carbonyl (C=O) groups excluding carboxylic acids is 1. The fraction of sp³-hybridized carbons (Fsp3) is 0.429. The highest BCUT2D eigenvalue weighted by Gasteiger charge is 1.99. The van der Waals surface area contributed by atoms with E-state index in [4.69, 9.17) is 0 Å². The Kier molecular flexibility index (Phi) is 3.13. The average Bonchev–Trinajstić information content (AvgIpc) is 2.53. The van der Waals surface area contributed by atoms with Gasteiger partial charge in [-0.05, 0) is 6.92 Å². The predicted molar refractivity (Wildman–Crippen MR) is 42.4 cm³/mol. The van der Waals surface area contributed by atoms with Gasteiger partial charge in [0.15, 0.2) is 0 Å². The van der Waals surface area contributed by atoms with Crippen molar-refractivity contribution in [1.29, 1.82) is 0 Å². The van der Waals surface area contributed by atoms with E-state index in [-0.39, 0.29) is 6.03 Å². The minimum Gasteiger partial charge on any atom is -0.364 e. The Morgan fingerprint density at radius 2 is 2.50 bits per heavy atom. The molecule has 5 heteroatoms. The molecule has 1 rings (SSSR count). The molecule has 0 saturated carbocycles. The van der Waals surface area contributed by atoms with E-state index < -0.39 is 0 Å². The van der Waals surface area contributed by atoms with Crippen LogP contribution >= 0.6 is 0 Å². The molecule has 0 atom stereocenters. The number of amides is 2. The normalized spacial score (nSPS) is 9.42. The van der Waals surface area contributed by atoms with E-state index in [1.54, 1.807) is 6.07 Å². The van der Waals surface area contributed by atoms with E-state index in [1.807, 2.05) is 6.92 Å². The van der Waals surface area contributed by atoms with Crippen molar-refractivity contribution in [3.8, 4) is 0 Å². The molecule has 2 N–H and O–H groups in total. The van der Waals surface area contributed by atoms with Crippen LogP contribution in [0, 0.1) is 0 Å². The van der Waals surface area contributed by atoms with E-state index >= 15 is 0 Å². The number of nitrogens with zero attached hydrogens (tertiary/aromatic N) is 1. The molecule has 12 heavy (non-hydrogen) atoms. The van der Waals surface area contributed by atoms with Crippen molar-refractivity contribution in [3.63, 3.8) is 0 Å². The van der Waals surface area contributed by atoms with Gasteiger partial charge in [-0.15, -0.1) is 0 Å². The van der Waals surface area contributed by atoms with Gasteiger partial charge in [0.05, 0.1) is 6.54 Å². The average molecular weight is 169 g/mol. The molecule has 0 unspecified atom stereocenters. The Labute approximate surface area is 70.1 Å². The fourth-order valence-electron chi connectivity index (χ4n) is 0.723. The molecule has 0 spiro atoms. The first-order valence-corrected chi connectivity index (χ1v) is 3.74. The molecule has 0 aliphatic carbocycles. The molecule has 1 heterocycles. The minimum atomic E-state index is -0.194. The van der Waals surface area contributed by atoms with Crippen LogP contribution in [0.2, 0.25) is 0 Å². The van der Waals surface area contributed by atoms with Gasteiger partial charge in [0.1, 0.15) is 12.0 Å². The number of aromatic nitrogens is 1. The summed E-state index contributed by atoms with van der Waals surface area (Å²) in [6.45, 7) is 2.86. The molecular weight excluding hydrogens is 158 g/mol. The van der Waals surface area contributed by atoms with Crippen LogP contribution in [0.5, 0.6) is 0 Å². The molecule has 2 amide bonds. The van der Waals surface area contributed by atoms with Crippen LogP contribution in [0.15, 0.2) is 16.9 Å². The van der Waals surface area contributed by atoms with Crippen molar-refractivity contribution < 1.29 is 9.32 Å². The zero-order chi connectivity index (χ0) is 8.81. The molecule has 1 aromatic rings. The van der Waals surface area contributed by atoms with Crippen LogP contribution in [0.4, 0.5) is 4.79 Å². The lowest BCUT2D eigenvalue weighted by Crippen LogP contribution is -2.34.